The Kier molecular flexibility index (Phi) is 6.82. The summed E-state index contributed by atoms with van der Waals surface area (Å²) in [6, 6.07) is 10.5. The fraction of sp³-hybridized carbons (Fsp3) is 0.739. The molecule has 0 aromatic heterocycles. The van der Waals surface area contributed by atoms with Gasteiger partial charge in [0.05, 0.1) is 13.2 Å². The number of nitrogens with one attached hydrogen (secondary N) is 2. The minimum atomic E-state index is 0.536. The van der Waals surface area contributed by atoms with Gasteiger partial charge < -0.3 is 15.4 Å². The molecular weight excluding hydrogens is 334 g/mol. The zero-order valence-electron chi connectivity index (χ0n) is 17.0. The number of likely N-dealkylation sites (tertiary alicyclic amines) is 1. The number of morpholine rings is 1. The second kappa shape index (κ2) is 9.51. The van der Waals surface area contributed by atoms with Crippen molar-refractivity contribution in [1.29, 1.82) is 0 Å². The van der Waals surface area contributed by atoms with Crippen LogP contribution < -0.4 is 10.6 Å². The van der Waals surface area contributed by atoms with Crippen LogP contribution in [0.25, 0.3) is 0 Å². The lowest BCUT2D eigenvalue weighted by Crippen LogP contribution is -2.50. The van der Waals surface area contributed by atoms with Gasteiger partial charge in [0.2, 0.25) is 0 Å². The largest absolute Gasteiger partial charge is 0.379 e. The van der Waals surface area contributed by atoms with Crippen molar-refractivity contribution in [3.8, 4) is 0 Å². The van der Waals surface area contributed by atoms with E-state index in [1.54, 1.807) is 0 Å². The zero-order valence-corrected chi connectivity index (χ0v) is 17.0. The van der Waals surface area contributed by atoms with Crippen molar-refractivity contribution in [2.24, 2.45) is 11.8 Å². The molecule has 4 rings (SSSR count). The van der Waals surface area contributed by atoms with Gasteiger partial charge in [-0.1, -0.05) is 37.6 Å². The van der Waals surface area contributed by atoms with Gasteiger partial charge in [-0.25, -0.2) is 0 Å². The number of piperidine rings is 1. The summed E-state index contributed by atoms with van der Waals surface area (Å²) in [6.45, 7) is 9.74. The molecule has 0 bridgehead atoms. The lowest BCUT2D eigenvalue weighted by atomic mass is 9.94. The number of ether oxygens (including phenoxy) is 1. The van der Waals surface area contributed by atoms with Crippen molar-refractivity contribution in [2.75, 3.05) is 32.8 Å². The first kappa shape index (κ1) is 19.4. The summed E-state index contributed by atoms with van der Waals surface area (Å²) in [4.78, 5) is 2.61. The Labute approximate surface area is 165 Å². The van der Waals surface area contributed by atoms with E-state index in [0.29, 0.717) is 18.0 Å². The summed E-state index contributed by atoms with van der Waals surface area (Å²) in [6.07, 6.45) is 6.67. The standard InChI is InChI=1S/C23H37N3O/c1-18-9-12-26(13-10-18)16-20-7-5-19(6-8-20)15-25-22-4-2-3-21(22)23-17-27-14-11-24-23/h5-8,18,21-25H,2-4,9-17H2,1H3. The predicted octanol–water partition coefficient (Wildman–Crippen LogP) is 3.17. The van der Waals surface area contributed by atoms with Crippen LogP contribution in [-0.4, -0.2) is 49.8 Å². The highest BCUT2D eigenvalue weighted by molar-refractivity contribution is 5.22. The van der Waals surface area contributed by atoms with Crippen LogP contribution in [0, 0.1) is 11.8 Å². The lowest BCUT2D eigenvalue weighted by Gasteiger charge is -2.33. The molecule has 3 unspecified atom stereocenters. The molecule has 1 aliphatic carbocycles. The Hall–Kier alpha value is -0.940. The second-order valence-corrected chi connectivity index (χ2v) is 8.99. The first-order valence-electron chi connectivity index (χ1n) is 11.1. The number of nitrogens with zero attached hydrogens (tertiary/aromatic N) is 1. The maximum Gasteiger partial charge on any atom is 0.0623 e. The van der Waals surface area contributed by atoms with Gasteiger partial charge in [0.25, 0.3) is 0 Å². The van der Waals surface area contributed by atoms with Crippen LogP contribution in [0.15, 0.2) is 24.3 Å². The molecule has 3 aliphatic rings. The smallest absolute Gasteiger partial charge is 0.0623 e. The van der Waals surface area contributed by atoms with Crippen molar-refractivity contribution in [1.82, 2.24) is 15.5 Å². The third kappa shape index (κ3) is 5.32. The van der Waals surface area contributed by atoms with Gasteiger partial charge in [-0.05, 0) is 61.7 Å². The van der Waals surface area contributed by atoms with Crippen LogP contribution >= 0.6 is 0 Å². The fourth-order valence-electron chi connectivity index (χ4n) is 5.07. The van der Waals surface area contributed by atoms with Crippen molar-refractivity contribution in [2.45, 2.75) is 64.2 Å². The molecule has 1 aromatic rings. The van der Waals surface area contributed by atoms with Gasteiger partial charge in [-0.3, -0.25) is 4.90 Å². The fourth-order valence-corrected chi connectivity index (χ4v) is 5.07. The zero-order chi connectivity index (χ0) is 18.5. The third-order valence-electron chi connectivity index (χ3n) is 6.91. The summed E-state index contributed by atoms with van der Waals surface area (Å²) in [5.41, 5.74) is 2.86. The Morgan fingerprint density at radius 3 is 2.59 bits per heavy atom. The average molecular weight is 372 g/mol. The number of hydrogen-bond donors (Lipinski definition) is 2. The van der Waals surface area contributed by atoms with E-state index >= 15 is 0 Å². The van der Waals surface area contributed by atoms with E-state index in [0.717, 1.165) is 38.8 Å². The van der Waals surface area contributed by atoms with Crippen LogP contribution in [0.3, 0.4) is 0 Å². The normalized spacial score (nSPS) is 30.6. The molecule has 2 saturated heterocycles. The number of hydrogen-bond acceptors (Lipinski definition) is 4. The maximum absolute atomic E-state index is 5.69. The number of benzene rings is 1. The van der Waals surface area contributed by atoms with Gasteiger partial charge in [0.1, 0.15) is 0 Å². The maximum atomic E-state index is 5.69. The molecule has 0 spiro atoms. The molecule has 2 N–H and O–H groups in total. The number of rotatable bonds is 6. The SMILES string of the molecule is CC1CCN(Cc2ccc(CNC3CCCC3C3COCCN3)cc2)CC1. The van der Waals surface area contributed by atoms with E-state index in [1.807, 2.05) is 0 Å². The molecule has 150 valence electrons. The average Bonchev–Trinajstić information content (AvgIpc) is 3.19. The Morgan fingerprint density at radius 2 is 1.85 bits per heavy atom. The van der Waals surface area contributed by atoms with E-state index < -0.39 is 0 Å². The lowest BCUT2D eigenvalue weighted by molar-refractivity contribution is 0.0524. The highest BCUT2D eigenvalue weighted by Gasteiger charge is 2.34. The van der Waals surface area contributed by atoms with Crippen LogP contribution in [0.1, 0.15) is 50.2 Å². The molecule has 2 heterocycles. The summed E-state index contributed by atoms with van der Waals surface area (Å²) in [5, 5.41) is 7.51. The van der Waals surface area contributed by atoms with E-state index in [-0.39, 0.29) is 0 Å². The third-order valence-corrected chi connectivity index (χ3v) is 6.91. The topological polar surface area (TPSA) is 36.5 Å². The molecule has 4 nitrogen and oxygen atoms in total. The van der Waals surface area contributed by atoms with E-state index in [2.05, 4.69) is 46.7 Å². The summed E-state index contributed by atoms with van der Waals surface area (Å²) in [5.74, 6) is 1.62. The van der Waals surface area contributed by atoms with Gasteiger partial charge in [-0.15, -0.1) is 0 Å². The van der Waals surface area contributed by atoms with Crippen LogP contribution in [0.5, 0.6) is 0 Å². The monoisotopic (exact) mass is 371 g/mol. The molecular formula is C23H37N3O. The molecule has 3 fully saturated rings. The first-order valence-corrected chi connectivity index (χ1v) is 11.1. The Bertz CT molecular complexity index is 561. The van der Waals surface area contributed by atoms with Crippen molar-refractivity contribution in [3.05, 3.63) is 35.4 Å². The van der Waals surface area contributed by atoms with Crippen molar-refractivity contribution in [3.63, 3.8) is 0 Å². The molecule has 2 aliphatic heterocycles. The molecule has 1 saturated carbocycles. The Balaban J connectivity index is 1.24. The quantitative estimate of drug-likeness (QED) is 0.805. The summed E-state index contributed by atoms with van der Waals surface area (Å²) in [7, 11) is 0. The summed E-state index contributed by atoms with van der Waals surface area (Å²) < 4.78 is 5.69. The van der Waals surface area contributed by atoms with Gasteiger partial charge >= 0.3 is 0 Å². The van der Waals surface area contributed by atoms with Gasteiger partial charge in [0, 0.05) is 31.7 Å². The molecule has 27 heavy (non-hydrogen) atoms. The minimum absolute atomic E-state index is 0.536. The molecule has 0 amide bonds. The van der Waals surface area contributed by atoms with E-state index in [1.165, 1.54) is 56.3 Å². The molecule has 3 atom stereocenters. The molecule has 1 aromatic carbocycles. The molecule has 0 radical (unpaired) electrons. The van der Waals surface area contributed by atoms with E-state index in [4.69, 9.17) is 4.74 Å². The molecule has 4 heteroatoms. The highest BCUT2D eigenvalue weighted by Crippen LogP contribution is 2.29. The van der Waals surface area contributed by atoms with Gasteiger partial charge in [0.15, 0.2) is 0 Å². The Morgan fingerprint density at radius 1 is 1.07 bits per heavy atom. The minimum Gasteiger partial charge on any atom is -0.379 e. The van der Waals surface area contributed by atoms with Crippen LogP contribution in [0.4, 0.5) is 0 Å². The van der Waals surface area contributed by atoms with Crippen molar-refractivity contribution >= 4 is 0 Å². The van der Waals surface area contributed by atoms with Gasteiger partial charge in [-0.2, -0.15) is 0 Å². The van der Waals surface area contributed by atoms with Crippen LogP contribution in [-0.2, 0) is 17.8 Å². The highest BCUT2D eigenvalue weighted by atomic mass is 16.5. The predicted molar refractivity (Wildman–Crippen MR) is 111 cm³/mol. The van der Waals surface area contributed by atoms with Crippen molar-refractivity contribution < 1.29 is 4.74 Å². The summed E-state index contributed by atoms with van der Waals surface area (Å²) >= 11 is 0. The van der Waals surface area contributed by atoms with Crippen LogP contribution in [0.2, 0.25) is 0 Å². The second-order valence-electron chi connectivity index (χ2n) is 8.99. The van der Waals surface area contributed by atoms with E-state index in [9.17, 15) is 0 Å². The first-order chi connectivity index (χ1) is 13.3.